The third-order valence-corrected chi connectivity index (χ3v) is 5.77. The van der Waals surface area contributed by atoms with Gasteiger partial charge in [0.15, 0.2) is 0 Å². The summed E-state index contributed by atoms with van der Waals surface area (Å²) in [4.78, 5) is 17.2. The highest BCUT2D eigenvalue weighted by Gasteiger charge is 2.34. The molecule has 0 radical (unpaired) electrons. The summed E-state index contributed by atoms with van der Waals surface area (Å²) < 4.78 is 38.3. The van der Waals surface area contributed by atoms with Crippen LogP contribution in [0.5, 0.6) is 0 Å². The topological polar surface area (TPSA) is 69.7 Å². The number of H-pyrrole nitrogens is 1. The lowest BCUT2D eigenvalue weighted by Crippen LogP contribution is -2.43. The van der Waals surface area contributed by atoms with Gasteiger partial charge in [-0.15, -0.1) is 0 Å². The number of piperazine rings is 1. The van der Waals surface area contributed by atoms with Crippen LogP contribution in [0.4, 0.5) is 19.0 Å². The summed E-state index contributed by atoms with van der Waals surface area (Å²) in [5.41, 5.74) is 5.04. The number of hydrogen-bond donors (Lipinski definition) is 2. The van der Waals surface area contributed by atoms with Crippen molar-refractivity contribution in [1.82, 2.24) is 25.3 Å². The molecule has 0 aliphatic carbocycles. The highest BCUT2D eigenvalue weighted by Crippen LogP contribution is 2.33. The molecule has 3 aromatic heterocycles. The van der Waals surface area contributed by atoms with Gasteiger partial charge in [0.2, 0.25) is 5.82 Å². The average molecular weight is 469 g/mol. The SMILES string of the molecule is CC.Cc1c(-c2cnc(C(F)(F)F)nc2)[nH]c2cc(-c3ccc(N4CCNCC4)nc3)ccc12. The Morgan fingerprint density at radius 2 is 1.50 bits per heavy atom. The van der Waals surface area contributed by atoms with Crippen molar-refractivity contribution in [3.8, 4) is 22.4 Å². The van der Waals surface area contributed by atoms with Crippen LogP contribution in [-0.4, -0.2) is 46.1 Å². The van der Waals surface area contributed by atoms with Gasteiger partial charge in [0.25, 0.3) is 0 Å². The molecule has 34 heavy (non-hydrogen) atoms. The summed E-state index contributed by atoms with van der Waals surface area (Å²) >= 11 is 0. The molecule has 178 valence electrons. The highest BCUT2D eigenvalue weighted by molar-refractivity contribution is 5.93. The van der Waals surface area contributed by atoms with Gasteiger partial charge in [0, 0.05) is 66.8 Å². The number of halogens is 3. The van der Waals surface area contributed by atoms with Gasteiger partial charge in [0.1, 0.15) is 5.82 Å². The van der Waals surface area contributed by atoms with Crippen molar-refractivity contribution in [2.75, 3.05) is 31.1 Å². The first-order valence-electron chi connectivity index (χ1n) is 11.3. The molecule has 0 amide bonds. The molecule has 4 heterocycles. The molecule has 0 atom stereocenters. The molecule has 1 aromatic carbocycles. The molecule has 0 saturated carbocycles. The van der Waals surface area contributed by atoms with E-state index in [1.165, 1.54) is 12.4 Å². The Balaban J connectivity index is 0.00000133. The van der Waals surface area contributed by atoms with Crippen LogP contribution in [-0.2, 0) is 6.18 Å². The molecule has 1 aliphatic rings. The number of alkyl halides is 3. The van der Waals surface area contributed by atoms with E-state index < -0.39 is 12.0 Å². The molecule has 9 heteroatoms. The number of rotatable bonds is 3. The van der Waals surface area contributed by atoms with Crippen LogP contribution in [0.15, 0.2) is 48.9 Å². The van der Waals surface area contributed by atoms with Crippen LogP contribution in [0.25, 0.3) is 33.3 Å². The standard InChI is InChI=1S/C23H21F3N6.C2H6/c1-14-18-4-2-15(16-3-5-20(28-11-16)32-8-6-27-7-9-32)10-19(18)31-21(14)17-12-29-22(30-13-17)23(24,25)26;1-2/h2-5,10-13,27,31H,6-9H2,1H3;1-2H3. The number of aromatic amines is 1. The summed E-state index contributed by atoms with van der Waals surface area (Å²) in [5, 5.41) is 4.33. The second-order valence-corrected chi connectivity index (χ2v) is 7.82. The summed E-state index contributed by atoms with van der Waals surface area (Å²) in [5.74, 6) is -0.175. The summed E-state index contributed by atoms with van der Waals surface area (Å²) in [7, 11) is 0. The van der Waals surface area contributed by atoms with Gasteiger partial charge in [-0.2, -0.15) is 13.2 Å². The Labute approximate surface area is 196 Å². The van der Waals surface area contributed by atoms with Crippen molar-refractivity contribution in [3.05, 3.63) is 60.3 Å². The van der Waals surface area contributed by atoms with Gasteiger partial charge in [-0.25, -0.2) is 15.0 Å². The maximum absolute atomic E-state index is 12.8. The van der Waals surface area contributed by atoms with Crippen molar-refractivity contribution in [1.29, 1.82) is 0 Å². The third-order valence-electron chi connectivity index (χ3n) is 5.77. The number of hydrogen-bond acceptors (Lipinski definition) is 5. The molecule has 1 fully saturated rings. The van der Waals surface area contributed by atoms with Gasteiger partial charge < -0.3 is 15.2 Å². The third kappa shape index (κ3) is 4.75. The average Bonchev–Trinajstić information content (AvgIpc) is 3.21. The van der Waals surface area contributed by atoms with E-state index in [0.29, 0.717) is 11.3 Å². The number of anilines is 1. The minimum atomic E-state index is -4.56. The molecule has 0 unspecified atom stereocenters. The number of aryl methyl sites for hydroxylation is 1. The highest BCUT2D eigenvalue weighted by atomic mass is 19.4. The second kappa shape index (κ2) is 9.80. The van der Waals surface area contributed by atoms with Crippen molar-refractivity contribution >= 4 is 16.7 Å². The minimum absolute atomic E-state index is 0.510. The van der Waals surface area contributed by atoms with Crippen molar-refractivity contribution in [2.45, 2.75) is 26.9 Å². The molecular formula is C25H27F3N6. The zero-order valence-corrected chi connectivity index (χ0v) is 19.4. The summed E-state index contributed by atoms with van der Waals surface area (Å²) in [6.45, 7) is 9.72. The molecule has 1 aliphatic heterocycles. The molecule has 1 saturated heterocycles. The van der Waals surface area contributed by atoms with Gasteiger partial charge in [0.05, 0.1) is 5.69 Å². The number of aromatic nitrogens is 4. The van der Waals surface area contributed by atoms with Gasteiger partial charge >= 0.3 is 6.18 Å². The molecule has 5 rings (SSSR count). The predicted molar refractivity (Wildman–Crippen MR) is 129 cm³/mol. The van der Waals surface area contributed by atoms with Gasteiger partial charge in [-0.3, -0.25) is 0 Å². The minimum Gasteiger partial charge on any atom is -0.354 e. The molecule has 0 bridgehead atoms. The molecule has 0 spiro atoms. The smallest absolute Gasteiger partial charge is 0.354 e. The van der Waals surface area contributed by atoms with Crippen LogP contribution < -0.4 is 10.2 Å². The van der Waals surface area contributed by atoms with E-state index in [-0.39, 0.29) is 0 Å². The van der Waals surface area contributed by atoms with Crippen LogP contribution in [0.2, 0.25) is 0 Å². The lowest BCUT2D eigenvalue weighted by atomic mass is 10.0. The van der Waals surface area contributed by atoms with E-state index in [4.69, 9.17) is 0 Å². The number of fused-ring (bicyclic) bond motifs is 1. The second-order valence-electron chi connectivity index (χ2n) is 7.82. The molecule has 4 aromatic rings. The first-order chi connectivity index (χ1) is 16.4. The molecular weight excluding hydrogens is 441 g/mol. The maximum Gasteiger partial charge on any atom is 0.451 e. The zero-order chi connectivity index (χ0) is 24.3. The number of pyridine rings is 1. The van der Waals surface area contributed by atoms with Gasteiger partial charge in [-0.1, -0.05) is 26.0 Å². The van der Waals surface area contributed by atoms with E-state index in [2.05, 4.69) is 36.2 Å². The number of benzene rings is 1. The summed E-state index contributed by atoms with van der Waals surface area (Å²) in [6, 6.07) is 10.2. The van der Waals surface area contributed by atoms with Gasteiger partial charge in [-0.05, 0) is 36.2 Å². The Bertz CT molecular complexity index is 1240. The lowest BCUT2D eigenvalue weighted by Gasteiger charge is -2.28. The Kier molecular flexibility index (Phi) is 6.83. The van der Waals surface area contributed by atoms with E-state index in [0.717, 1.165) is 59.6 Å². The monoisotopic (exact) mass is 468 g/mol. The Morgan fingerprint density at radius 3 is 2.12 bits per heavy atom. The first kappa shape index (κ1) is 23.7. The zero-order valence-electron chi connectivity index (χ0n) is 19.4. The largest absolute Gasteiger partial charge is 0.451 e. The number of nitrogens with one attached hydrogen (secondary N) is 2. The quantitative estimate of drug-likeness (QED) is 0.419. The summed E-state index contributed by atoms with van der Waals surface area (Å²) in [6.07, 6.45) is -0.281. The fourth-order valence-electron chi connectivity index (χ4n) is 4.05. The van der Waals surface area contributed by atoms with Crippen LogP contribution in [0.3, 0.4) is 0 Å². The van der Waals surface area contributed by atoms with E-state index in [1.54, 1.807) is 0 Å². The lowest BCUT2D eigenvalue weighted by molar-refractivity contribution is -0.144. The van der Waals surface area contributed by atoms with Crippen molar-refractivity contribution in [3.63, 3.8) is 0 Å². The van der Waals surface area contributed by atoms with E-state index in [1.807, 2.05) is 51.2 Å². The fourth-order valence-corrected chi connectivity index (χ4v) is 4.05. The normalized spacial score (nSPS) is 14.1. The van der Waals surface area contributed by atoms with Crippen LogP contribution in [0, 0.1) is 6.92 Å². The van der Waals surface area contributed by atoms with Crippen LogP contribution in [0.1, 0.15) is 25.2 Å². The van der Waals surface area contributed by atoms with E-state index in [9.17, 15) is 13.2 Å². The molecule has 6 nitrogen and oxygen atoms in total. The fraction of sp³-hybridized carbons (Fsp3) is 0.320. The Morgan fingerprint density at radius 1 is 0.853 bits per heavy atom. The number of nitrogens with zero attached hydrogens (tertiary/aromatic N) is 4. The van der Waals surface area contributed by atoms with Crippen LogP contribution >= 0.6 is 0 Å². The van der Waals surface area contributed by atoms with Crippen molar-refractivity contribution in [2.24, 2.45) is 0 Å². The first-order valence-corrected chi connectivity index (χ1v) is 11.3. The predicted octanol–water partition coefficient (Wildman–Crippen LogP) is 5.45. The van der Waals surface area contributed by atoms with E-state index >= 15 is 0 Å². The molecule has 2 N–H and O–H groups in total. The Hall–Kier alpha value is -3.46. The maximum atomic E-state index is 12.8. The van der Waals surface area contributed by atoms with Crippen molar-refractivity contribution < 1.29 is 13.2 Å².